The molecule has 13 heavy (non-hydrogen) atoms. The van der Waals surface area contributed by atoms with Crippen molar-refractivity contribution in [2.24, 2.45) is 11.8 Å². The highest BCUT2D eigenvalue weighted by Crippen LogP contribution is 2.44. The van der Waals surface area contributed by atoms with E-state index in [4.69, 9.17) is 4.74 Å². The van der Waals surface area contributed by atoms with Crippen LogP contribution in [0.3, 0.4) is 0 Å². The van der Waals surface area contributed by atoms with Crippen LogP contribution in [0.4, 0.5) is 0 Å². The molecule has 0 radical (unpaired) electrons. The Hall–Kier alpha value is -0.120. The van der Waals surface area contributed by atoms with Crippen molar-refractivity contribution >= 4 is 0 Å². The number of nitrogens with one attached hydrogen (secondary N) is 1. The van der Waals surface area contributed by atoms with Crippen LogP contribution < -0.4 is 5.32 Å². The molecule has 3 aliphatic rings. The minimum absolute atomic E-state index is 0.751. The third-order valence-electron chi connectivity index (χ3n) is 3.77. The van der Waals surface area contributed by atoms with Gasteiger partial charge in [-0.25, -0.2) is 0 Å². The predicted molar refractivity (Wildman–Crippen MR) is 50.6 cm³/mol. The second kappa shape index (κ2) is 2.94. The zero-order valence-corrected chi connectivity index (χ0v) is 8.20. The first-order chi connectivity index (χ1) is 6.34. The normalized spacial score (nSPS) is 49.6. The zero-order valence-electron chi connectivity index (χ0n) is 8.20. The zero-order chi connectivity index (χ0) is 8.84. The summed E-state index contributed by atoms with van der Waals surface area (Å²) in [5.74, 6) is 1.71. The lowest BCUT2D eigenvalue weighted by atomic mass is 10.2. The average Bonchev–Trinajstić information content (AvgIpc) is 2.58. The lowest BCUT2D eigenvalue weighted by Gasteiger charge is -2.14. The Morgan fingerprint density at radius 2 is 2.08 bits per heavy atom. The maximum absolute atomic E-state index is 5.37. The van der Waals surface area contributed by atoms with E-state index < -0.39 is 0 Å². The molecule has 0 aromatic heterocycles. The molecule has 0 bridgehead atoms. The van der Waals surface area contributed by atoms with Gasteiger partial charge in [-0.2, -0.15) is 0 Å². The van der Waals surface area contributed by atoms with Crippen LogP contribution in [0.15, 0.2) is 0 Å². The summed E-state index contributed by atoms with van der Waals surface area (Å²) in [7, 11) is 2.21. The number of nitrogens with zero attached hydrogens (tertiary/aromatic N) is 1. The second-order valence-electron chi connectivity index (χ2n) is 4.81. The highest BCUT2D eigenvalue weighted by molar-refractivity contribution is 5.07. The fourth-order valence-corrected chi connectivity index (χ4v) is 2.83. The van der Waals surface area contributed by atoms with Gasteiger partial charge in [-0.15, -0.1) is 0 Å². The fraction of sp³-hybridized carbons (Fsp3) is 1.00. The summed E-state index contributed by atoms with van der Waals surface area (Å²) in [5.41, 5.74) is 0. The first-order valence-electron chi connectivity index (χ1n) is 5.37. The Balaban J connectivity index is 1.49. The smallest absolute Gasteiger partial charge is 0.0513 e. The largest absolute Gasteiger partial charge is 0.381 e. The van der Waals surface area contributed by atoms with Gasteiger partial charge in [-0.05, 0) is 20.0 Å². The number of likely N-dealkylation sites (N-methyl/N-ethyl adjacent to an activating group) is 1. The van der Waals surface area contributed by atoms with Gasteiger partial charge in [0.05, 0.1) is 13.2 Å². The van der Waals surface area contributed by atoms with Crippen molar-refractivity contribution in [1.82, 2.24) is 10.2 Å². The standard InChI is InChI=1S/C10H18N2O/c1-12-3-2-7(4-12)11-10-8-5-13-6-9(8)10/h7-11H,2-6H2,1H3/t7-,8?,9?,10?/m0/s1. The van der Waals surface area contributed by atoms with Gasteiger partial charge in [0.25, 0.3) is 0 Å². The number of likely N-dealkylation sites (tertiary alicyclic amines) is 1. The van der Waals surface area contributed by atoms with Crippen LogP contribution in [-0.4, -0.2) is 50.3 Å². The van der Waals surface area contributed by atoms with E-state index >= 15 is 0 Å². The number of hydrogen-bond donors (Lipinski definition) is 1. The molecule has 0 spiro atoms. The van der Waals surface area contributed by atoms with Gasteiger partial charge in [0.15, 0.2) is 0 Å². The van der Waals surface area contributed by atoms with E-state index in [1.807, 2.05) is 0 Å². The molecule has 74 valence electrons. The first-order valence-corrected chi connectivity index (χ1v) is 5.37. The van der Waals surface area contributed by atoms with Gasteiger partial charge >= 0.3 is 0 Å². The highest BCUT2D eigenvalue weighted by Gasteiger charge is 2.54. The molecule has 3 rings (SSSR count). The Morgan fingerprint density at radius 1 is 1.31 bits per heavy atom. The molecule has 3 atom stereocenters. The molecule has 1 saturated carbocycles. The molecule has 3 nitrogen and oxygen atoms in total. The summed E-state index contributed by atoms with van der Waals surface area (Å²) >= 11 is 0. The van der Waals surface area contributed by atoms with E-state index in [0.717, 1.165) is 37.1 Å². The predicted octanol–water partition coefficient (Wildman–Crippen LogP) is -0.0751. The molecule has 3 heteroatoms. The van der Waals surface area contributed by atoms with E-state index in [1.54, 1.807) is 0 Å². The third kappa shape index (κ3) is 1.39. The summed E-state index contributed by atoms with van der Waals surface area (Å²) in [6, 6.07) is 1.55. The van der Waals surface area contributed by atoms with Gasteiger partial charge in [0.1, 0.15) is 0 Å². The minimum atomic E-state index is 0.751. The van der Waals surface area contributed by atoms with E-state index in [1.165, 1.54) is 19.5 Å². The summed E-state index contributed by atoms with van der Waals surface area (Å²) < 4.78 is 5.37. The van der Waals surface area contributed by atoms with Crippen molar-refractivity contribution in [3.8, 4) is 0 Å². The van der Waals surface area contributed by atoms with Crippen molar-refractivity contribution in [1.29, 1.82) is 0 Å². The Morgan fingerprint density at radius 3 is 2.69 bits per heavy atom. The quantitative estimate of drug-likeness (QED) is 0.647. The van der Waals surface area contributed by atoms with Crippen LogP contribution >= 0.6 is 0 Å². The summed E-state index contributed by atoms with van der Waals surface area (Å²) in [6.45, 7) is 4.50. The molecule has 1 N–H and O–H groups in total. The lowest BCUT2D eigenvalue weighted by Crippen LogP contribution is -2.35. The Kier molecular flexibility index (Phi) is 1.86. The maximum atomic E-state index is 5.37. The van der Waals surface area contributed by atoms with Gasteiger partial charge in [0.2, 0.25) is 0 Å². The lowest BCUT2D eigenvalue weighted by molar-refractivity contribution is 0.154. The second-order valence-corrected chi connectivity index (χ2v) is 4.81. The van der Waals surface area contributed by atoms with Crippen LogP contribution in [0.2, 0.25) is 0 Å². The van der Waals surface area contributed by atoms with Gasteiger partial charge in [-0.1, -0.05) is 0 Å². The van der Waals surface area contributed by atoms with Crippen molar-refractivity contribution in [2.75, 3.05) is 33.4 Å². The molecule has 2 saturated heterocycles. The molecule has 2 unspecified atom stereocenters. The third-order valence-corrected chi connectivity index (χ3v) is 3.77. The number of hydrogen-bond acceptors (Lipinski definition) is 3. The summed E-state index contributed by atoms with van der Waals surface area (Å²) in [5, 5.41) is 3.76. The molecule has 0 aromatic carbocycles. The molecule has 2 heterocycles. The molecule has 0 aromatic rings. The Bertz CT molecular complexity index is 199. The Labute approximate surface area is 79.4 Å². The van der Waals surface area contributed by atoms with E-state index in [0.29, 0.717) is 0 Å². The van der Waals surface area contributed by atoms with Gasteiger partial charge in [-0.3, -0.25) is 0 Å². The highest BCUT2D eigenvalue weighted by atomic mass is 16.5. The summed E-state index contributed by atoms with van der Waals surface area (Å²) in [6.07, 6.45) is 1.33. The van der Waals surface area contributed by atoms with Crippen molar-refractivity contribution < 1.29 is 4.74 Å². The molecule has 2 aliphatic heterocycles. The van der Waals surface area contributed by atoms with Crippen LogP contribution in [0.1, 0.15) is 6.42 Å². The number of rotatable bonds is 2. The van der Waals surface area contributed by atoms with Gasteiger partial charge < -0.3 is 15.0 Å². The molecular weight excluding hydrogens is 164 g/mol. The summed E-state index contributed by atoms with van der Waals surface area (Å²) in [4.78, 5) is 2.41. The van der Waals surface area contributed by atoms with Gasteiger partial charge in [0, 0.05) is 30.5 Å². The van der Waals surface area contributed by atoms with Crippen molar-refractivity contribution in [3.63, 3.8) is 0 Å². The van der Waals surface area contributed by atoms with E-state index in [9.17, 15) is 0 Å². The molecule has 0 amide bonds. The maximum Gasteiger partial charge on any atom is 0.0513 e. The van der Waals surface area contributed by atoms with Crippen LogP contribution in [0, 0.1) is 11.8 Å². The monoisotopic (exact) mass is 182 g/mol. The van der Waals surface area contributed by atoms with Crippen LogP contribution in [0.25, 0.3) is 0 Å². The van der Waals surface area contributed by atoms with E-state index in [2.05, 4.69) is 17.3 Å². The average molecular weight is 182 g/mol. The first kappa shape index (κ1) is 8.21. The van der Waals surface area contributed by atoms with Crippen LogP contribution in [-0.2, 0) is 4.74 Å². The van der Waals surface area contributed by atoms with Crippen molar-refractivity contribution in [2.45, 2.75) is 18.5 Å². The molecular formula is C10H18N2O. The SMILES string of the molecule is CN1CC[C@H](NC2C3COCC32)C1. The van der Waals surface area contributed by atoms with E-state index in [-0.39, 0.29) is 0 Å². The minimum Gasteiger partial charge on any atom is -0.381 e. The molecule has 3 fully saturated rings. The fourth-order valence-electron chi connectivity index (χ4n) is 2.83. The molecule has 1 aliphatic carbocycles. The topological polar surface area (TPSA) is 24.5 Å². The number of ether oxygens (including phenoxy) is 1. The van der Waals surface area contributed by atoms with Crippen LogP contribution in [0.5, 0.6) is 0 Å². The number of fused-ring (bicyclic) bond motifs is 1. The van der Waals surface area contributed by atoms with Crippen molar-refractivity contribution in [3.05, 3.63) is 0 Å².